The lowest BCUT2D eigenvalue weighted by atomic mass is 9.56. The van der Waals surface area contributed by atoms with Crippen LogP contribution in [0.2, 0.25) is 0 Å². The number of hydrogen-bond donors (Lipinski definition) is 5. The van der Waals surface area contributed by atoms with E-state index in [0.717, 1.165) is 81.4 Å². The molecule has 54 heavy (non-hydrogen) atoms. The average molecular weight is 737 g/mol. The normalized spacial score (nSPS) is 34.1. The Hall–Kier alpha value is -4.16. The molecule has 10 atom stereocenters. The number of H-pyrrole nitrogens is 2. The number of benzene rings is 2. The van der Waals surface area contributed by atoms with E-state index in [4.69, 9.17) is 14.2 Å². The van der Waals surface area contributed by atoms with Gasteiger partial charge in [0.2, 0.25) is 0 Å². The number of rotatable bonds is 6. The minimum atomic E-state index is -1.23. The molecule has 286 valence electrons. The number of aromatic amines is 2. The van der Waals surface area contributed by atoms with Gasteiger partial charge in [-0.2, -0.15) is 0 Å². The number of aliphatic hydroxyl groups excluding tert-OH is 2. The number of aliphatic hydroxyl groups is 2. The molecule has 4 fully saturated rings. The number of carbonyl (C=O) groups excluding carboxylic acids is 2. The summed E-state index contributed by atoms with van der Waals surface area (Å²) in [4.78, 5) is 38.8. The van der Waals surface area contributed by atoms with Crippen LogP contribution in [0.15, 0.2) is 48.0 Å². The fourth-order valence-electron chi connectivity index (χ4n) is 12.2. The Labute approximate surface area is 315 Å². The van der Waals surface area contributed by atoms with Gasteiger partial charge in [0.05, 0.1) is 39.6 Å². The maximum atomic E-state index is 14.4. The summed E-state index contributed by atoms with van der Waals surface area (Å²) in [7, 11) is 4.58. The zero-order valence-electron chi connectivity index (χ0n) is 31.8. The predicted molar refractivity (Wildman–Crippen MR) is 205 cm³/mol. The first-order chi connectivity index (χ1) is 26.2. The number of fused-ring (bicyclic) bond motifs is 9. The third-order valence-corrected chi connectivity index (χ3v) is 14.4. The maximum absolute atomic E-state index is 14.4. The van der Waals surface area contributed by atoms with E-state index in [1.807, 2.05) is 32.0 Å². The zero-order valence-corrected chi connectivity index (χ0v) is 31.8. The third-order valence-electron chi connectivity index (χ3n) is 14.4. The van der Waals surface area contributed by atoms with E-state index in [2.05, 4.69) is 44.5 Å². The van der Waals surface area contributed by atoms with Crippen LogP contribution in [0.4, 0.5) is 0 Å². The van der Waals surface area contributed by atoms with Crippen molar-refractivity contribution in [2.75, 3.05) is 47.6 Å². The minimum Gasteiger partial charge on any atom is -0.496 e. The lowest BCUT2D eigenvalue weighted by Gasteiger charge is -2.58. The summed E-state index contributed by atoms with van der Waals surface area (Å²) in [5.41, 5.74) is 5.85. The molecule has 2 unspecified atom stereocenters. The van der Waals surface area contributed by atoms with E-state index in [1.54, 1.807) is 7.11 Å². The summed E-state index contributed by atoms with van der Waals surface area (Å²) in [6.45, 7) is 5.77. The highest BCUT2D eigenvalue weighted by Crippen LogP contribution is 2.58. The van der Waals surface area contributed by atoms with Crippen molar-refractivity contribution >= 4 is 33.7 Å². The van der Waals surface area contributed by atoms with E-state index in [0.29, 0.717) is 31.6 Å². The molecule has 6 aliphatic rings. The van der Waals surface area contributed by atoms with Crippen LogP contribution in [-0.4, -0.2) is 103 Å². The van der Waals surface area contributed by atoms with Gasteiger partial charge in [-0.25, -0.2) is 0 Å². The van der Waals surface area contributed by atoms with Crippen LogP contribution in [0.3, 0.4) is 0 Å². The molecule has 11 heteroatoms. The molecule has 2 aromatic carbocycles. The van der Waals surface area contributed by atoms with E-state index in [-0.39, 0.29) is 48.3 Å². The molecule has 3 saturated heterocycles. The lowest BCUT2D eigenvalue weighted by molar-refractivity contribution is -0.166. The molecule has 4 aliphatic heterocycles. The van der Waals surface area contributed by atoms with Crippen molar-refractivity contribution in [3.63, 3.8) is 0 Å². The van der Waals surface area contributed by atoms with Gasteiger partial charge < -0.3 is 39.7 Å². The van der Waals surface area contributed by atoms with Gasteiger partial charge in [-0.05, 0) is 81.2 Å². The summed E-state index contributed by atoms with van der Waals surface area (Å²) in [6, 6.07) is 11.9. The molecule has 2 aliphatic carbocycles. The summed E-state index contributed by atoms with van der Waals surface area (Å²) >= 11 is 0. The van der Waals surface area contributed by atoms with Crippen molar-refractivity contribution < 1.29 is 34.0 Å². The molecule has 0 amide bonds. The number of piperidine rings is 3. The van der Waals surface area contributed by atoms with E-state index in [9.17, 15) is 19.8 Å². The third kappa shape index (κ3) is 4.67. The fourth-order valence-corrected chi connectivity index (χ4v) is 12.2. The van der Waals surface area contributed by atoms with E-state index in [1.165, 1.54) is 14.2 Å². The van der Waals surface area contributed by atoms with Crippen LogP contribution in [0, 0.1) is 23.2 Å². The first-order valence-corrected chi connectivity index (χ1v) is 19.6. The van der Waals surface area contributed by atoms with Crippen molar-refractivity contribution in [3.05, 3.63) is 76.1 Å². The number of nitrogens with one attached hydrogen (secondary N) is 3. The first kappa shape index (κ1) is 35.5. The van der Waals surface area contributed by atoms with Gasteiger partial charge in [0.1, 0.15) is 16.6 Å². The lowest BCUT2D eigenvalue weighted by Crippen LogP contribution is -2.68. The van der Waals surface area contributed by atoms with Crippen LogP contribution in [0.1, 0.15) is 67.1 Å². The fraction of sp³-hybridized carbons (Fsp3) is 0.535. The Morgan fingerprint density at radius 1 is 1.04 bits per heavy atom. The number of esters is 2. The highest BCUT2D eigenvalue weighted by Gasteiger charge is 2.64. The van der Waals surface area contributed by atoms with Crippen molar-refractivity contribution in [1.29, 1.82) is 0 Å². The smallest absolute Gasteiger partial charge is 0.319 e. The number of methoxy groups -OCH3 is 3. The topological polar surface area (TPSA) is 149 Å². The predicted octanol–water partition coefficient (Wildman–Crippen LogP) is 4.48. The van der Waals surface area contributed by atoms with Gasteiger partial charge in [-0.1, -0.05) is 29.8 Å². The second-order valence-corrected chi connectivity index (χ2v) is 16.5. The summed E-state index contributed by atoms with van der Waals surface area (Å²) in [5.74, 6) is -0.453. The van der Waals surface area contributed by atoms with E-state index >= 15 is 0 Å². The zero-order chi connectivity index (χ0) is 37.7. The van der Waals surface area contributed by atoms with Crippen LogP contribution in [0.5, 0.6) is 5.75 Å². The second kappa shape index (κ2) is 13.0. The minimum absolute atomic E-state index is 0.0699. The SMILES string of the molecule is C/C=C1/CN[C@H]2Cc3c([nH]c4ccccc34)[C@H](c3c(OC)ccc4c5c([nH]c34)[C@]3(C(=O)OC)C[C@H]4C[C@H]([C@H](C)O)[C@@H]3N(CC5)C4)C[C@@H]1C2(CO)C(=O)OC. The molecule has 11 nitrogen and oxygen atoms in total. The Bertz CT molecular complexity index is 2190. The molecular weight excluding hydrogens is 684 g/mol. The Balaban J connectivity index is 1.34. The molecule has 4 aromatic rings. The molecule has 0 radical (unpaired) electrons. The van der Waals surface area contributed by atoms with Crippen LogP contribution >= 0.6 is 0 Å². The number of carbonyl (C=O) groups is 2. The number of aromatic nitrogens is 2. The molecule has 10 rings (SSSR count). The van der Waals surface area contributed by atoms with Crippen molar-refractivity contribution in [2.24, 2.45) is 23.2 Å². The van der Waals surface area contributed by atoms with Crippen LogP contribution in [0.25, 0.3) is 21.8 Å². The second-order valence-electron chi connectivity index (χ2n) is 16.5. The molecular formula is C43H52N4O7. The Morgan fingerprint density at radius 2 is 1.83 bits per heavy atom. The summed E-state index contributed by atoms with van der Waals surface area (Å²) < 4.78 is 17.5. The highest BCUT2D eigenvalue weighted by atomic mass is 16.5. The maximum Gasteiger partial charge on any atom is 0.319 e. The Kier molecular flexibility index (Phi) is 8.53. The largest absolute Gasteiger partial charge is 0.496 e. The standard InChI is InChI=1S/C43H52N4O7/c1-6-24-19-44-34-17-29-25-9-7-8-10-32(25)45-36(29)30(16-31(24)43(34,21-48)41(51)54-5)35-33(52-3)12-11-26-27-13-14-47-20-23-15-28(22(2)49)39(47)42(18-23,40(50)53-4)38(27)46-37(26)35/h6-12,22-23,28,30-31,34,39,44-46,48-49H,13-21H2,1-5H3/b24-6-/t22-,23+,28+,30-,31-,34-,39-,42+,43?/m0/s1. The highest BCUT2D eigenvalue weighted by molar-refractivity contribution is 5.95. The van der Waals surface area contributed by atoms with Gasteiger partial charge in [-0.15, -0.1) is 0 Å². The monoisotopic (exact) mass is 736 g/mol. The van der Waals surface area contributed by atoms with Gasteiger partial charge >= 0.3 is 11.9 Å². The quantitative estimate of drug-likeness (QED) is 0.143. The first-order valence-electron chi connectivity index (χ1n) is 19.6. The van der Waals surface area contributed by atoms with Gasteiger partial charge in [-0.3, -0.25) is 14.5 Å². The summed E-state index contributed by atoms with van der Waals surface area (Å²) in [6.07, 6.45) is 4.79. The van der Waals surface area contributed by atoms with Crippen molar-refractivity contribution in [3.8, 4) is 5.75 Å². The van der Waals surface area contributed by atoms with Gasteiger partial charge in [0, 0.05) is 82.7 Å². The number of allylic oxidation sites excluding steroid dienone is 1. The van der Waals surface area contributed by atoms with Gasteiger partial charge in [0.25, 0.3) is 0 Å². The number of hydrogen-bond acceptors (Lipinski definition) is 9. The number of para-hydroxylation sites is 1. The molecule has 6 bridgehead atoms. The van der Waals surface area contributed by atoms with Crippen LogP contribution in [-0.2, 0) is 37.3 Å². The molecule has 0 spiro atoms. The molecule has 2 aromatic heterocycles. The molecule has 5 N–H and O–H groups in total. The molecule has 1 saturated carbocycles. The molecule has 6 heterocycles. The number of nitrogens with zero attached hydrogens (tertiary/aromatic N) is 1. The number of ether oxygens (including phenoxy) is 3. The van der Waals surface area contributed by atoms with E-state index < -0.39 is 22.9 Å². The van der Waals surface area contributed by atoms with Crippen LogP contribution < -0.4 is 10.1 Å². The average Bonchev–Trinajstić information content (AvgIpc) is 3.73. The van der Waals surface area contributed by atoms with Crippen molar-refractivity contribution in [2.45, 2.75) is 75.5 Å². The van der Waals surface area contributed by atoms with Gasteiger partial charge in [0.15, 0.2) is 0 Å². The Morgan fingerprint density at radius 3 is 2.56 bits per heavy atom. The summed E-state index contributed by atoms with van der Waals surface area (Å²) in [5, 5.41) is 28.3. The van der Waals surface area contributed by atoms with Crippen molar-refractivity contribution in [1.82, 2.24) is 20.2 Å².